The average Bonchev–Trinajstić information content (AvgIpc) is 2.24. The Bertz CT molecular complexity index is 395. The zero-order chi connectivity index (χ0) is 12.3. The number of esters is 1. The van der Waals surface area contributed by atoms with Gasteiger partial charge in [0.15, 0.2) is 0 Å². The minimum atomic E-state index is -0.478. The van der Waals surface area contributed by atoms with E-state index in [0.717, 1.165) is 12.0 Å². The SMILES string of the molecule is CCCOC(=O)c1c(N)c(Br)cc(C)c1Cl. The molecule has 0 atom stereocenters. The maximum Gasteiger partial charge on any atom is 0.341 e. The third-order valence-electron chi connectivity index (χ3n) is 2.08. The second-order valence-electron chi connectivity index (χ2n) is 3.41. The normalized spacial score (nSPS) is 10.2. The van der Waals surface area contributed by atoms with Crippen LogP contribution in [0.5, 0.6) is 0 Å². The molecule has 0 amide bonds. The van der Waals surface area contributed by atoms with E-state index in [9.17, 15) is 4.79 Å². The first-order chi connectivity index (χ1) is 7.49. The highest BCUT2D eigenvalue weighted by molar-refractivity contribution is 9.10. The van der Waals surface area contributed by atoms with Crippen molar-refractivity contribution in [2.24, 2.45) is 0 Å². The van der Waals surface area contributed by atoms with E-state index in [2.05, 4.69) is 15.9 Å². The van der Waals surface area contributed by atoms with Crippen molar-refractivity contribution in [1.29, 1.82) is 0 Å². The van der Waals surface area contributed by atoms with Gasteiger partial charge in [-0.25, -0.2) is 4.79 Å². The first-order valence-corrected chi connectivity index (χ1v) is 6.07. The van der Waals surface area contributed by atoms with Gasteiger partial charge in [-0.05, 0) is 40.9 Å². The van der Waals surface area contributed by atoms with Gasteiger partial charge in [0.05, 0.1) is 17.3 Å². The zero-order valence-electron chi connectivity index (χ0n) is 9.14. The number of nitrogens with two attached hydrogens (primary N) is 1. The van der Waals surface area contributed by atoms with E-state index < -0.39 is 5.97 Å². The summed E-state index contributed by atoms with van der Waals surface area (Å²) >= 11 is 9.32. The summed E-state index contributed by atoms with van der Waals surface area (Å²) in [4.78, 5) is 11.7. The number of ether oxygens (including phenoxy) is 1. The molecule has 1 aromatic rings. The van der Waals surface area contributed by atoms with Crippen LogP contribution in [0, 0.1) is 6.92 Å². The highest BCUT2D eigenvalue weighted by atomic mass is 79.9. The van der Waals surface area contributed by atoms with Crippen LogP contribution >= 0.6 is 27.5 Å². The Hall–Kier alpha value is -0.740. The molecule has 0 aliphatic rings. The van der Waals surface area contributed by atoms with E-state index in [0.29, 0.717) is 21.8 Å². The molecule has 0 radical (unpaired) electrons. The van der Waals surface area contributed by atoms with Crippen molar-refractivity contribution in [2.45, 2.75) is 20.3 Å². The van der Waals surface area contributed by atoms with Crippen LogP contribution in [0.4, 0.5) is 5.69 Å². The van der Waals surface area contributed by atoms with Crippen molar-refractivity contribution in [3.63, 3.8) is 0 Å². The molecule has 16 heavy (non-hydrogen) atoms. The number of carbonyl (C=O) groups is 1. The number of carbonyl (C=O) groups excluding carboxylic acids is 1. The van der Waals surface area contributed by atoms with Crippen molar-refractivity contribution in [2.75, 3.05) is 12.3 Å². The van der Waals surface area contributed by atoms with Gasteiger partial charge < -0.3 is 10.5 Å². The third-order valence-corrected chi connectivity index (χ3v) is 3.22. The molecule has 0 fully saturated rings. The van der Waals surface area contributed by atoms with E-state index in [1.165, 1.54) is 0 Å². The maximum absolute atomic E-state index is 11.7. The van der Waals surface area contributed by atoms with Gasteiger partial charge >= 0.3 is 5.97 Å². The summed E-state index contributed by atoms with van der Waals surface area (Å²) in [6, 6.07) is 1.77. The highest BCUT2D eigenvalue weighted by Crippen LogP contribution is 2.33. The number of anilines is 1. The van der Waals surface area contributed by atoms with Gasteiger partial charge in [-0.1, -0.05) is 18.5 Å². The van der Waals surface area contributed by atoms with Crippen molar-refractivity contribution in [3.05, 3.63) is 26.7 Å². The quantitative estimate of drug-likeness (QED) is 0.686. The monoisotopic (exact) mass is 305 g/mol. The van der Waals surface area contributed by atoms with E-state index in [-0.39, 0.29) is 5.56 Å². The molecule has 0 unspecified atom stereocenters. The molecule has 0 aliphatic heterocycles. The van der Waals surface area contributed by atoms with Crippen LogP contribution in [0.2, 0.25) is 5.02 Å². The molecule has 3 nitrogen and oxygen atoms in total. The van der Waals surface area contributed by atoms with Crippen LogP contribution < -0.4 is 5.73 Å². The fraction of sp³-hybridized carbons (Fsp3) is 0.364. The second kappa shape index (κ2) is 5.55. The number of aryl methyl sites for hydroxylation is 1. The zero-order valence-corrected chi connectivity index (χ0v) is 11.5. The van der Waals surface area contributed by atoms with Gasteiger partial charge in [0.25, 0.3) is 0 Å². The fourth-order valence-corrected chi connectivity index (χ4v) is 2.01. The third kappa shape index (κ3) is 2.68. The maximum atomic E-state index is 11.7. The van der Waals surface area contributed by atoms with Crippen LogP contribution in [-0.2, 0) is 4.74 Å². The van der Waals surface area contributed by atoms with Gasteiger partial charge in [-0.3, -0.25) is 0 Å². The lowest BCUT2D eigenvalue weighted by atomic mass is 10.1. The van der Waals surface area contributed by atoms with Crippen molar-refractivity contribution < 1.29 is 9.53 Å². The molecule has 0 saturated carbocycles. The minimum Gasteiger partial charge on any atom is -0.462 e. The summed E-state index contributed by atoms with van der Waals surface area (Å²) in [6.07, 6.45) is 0.760. The standard InChI is InChI=1S/C11H13BrClNO2/c1-3-4-16-11(15)8-9(13)6(2)5-7(12)10(8)14/h5H,3-4,14H2,1-2H3. The summed E-state index contributed by atoms with van der Waals surface area (Å²) in [5.41, 5.74) is 7.13. The molecule has 0 saturated heterocycles. The molecule has 1 rings (SSSR count). The van der Waals surface area contributed by atoms with Gasteiger partial charge in [0.1, 0.15) is 5.56 Å². The Balaban J connectivity index is 3.16. The first kappa shape index (κ1) is 13.3. The number of hydrogen-bond donors (Lipinski definition) is 1. The van der Waals surface area contributed by atoms with E-state index in [1.54, 1.807) is 6.07 Å². The Morgan fingerprint density at radius 1 is 1.62 bits per heavy atom. The Morgan fingerprint density at radius 2 is 2.25 bits per heavy atom. The smallest absolute Gasteiger partial charge is 0.341 e. The molecular weight excluding hydrogens is 293 g/mol. The predicted octanol–water partition coefficient (Wildman–Crippen LogP) is 3.56. The van der Waals surface area contributed by atoms with Gasteiger partial charge in [-0.15, -0.1) is 0 Å². The topological polar surface area (TPSA) is 52.3 Å². The summed E-state index contributed by atoms with van der Waals surface area (Å²) in [5, 5.41) is 0.349. The van der Waals surface area contributed by atoms with Crippen molar-refractivity contribution >= 4 is 39.2 Å². The van der Waals surface area contributed by atoms with Crippen molar-refractivity contribution in [3.8, 4) is 0 Å². The molecule has 0 heterocycles. The molecule has 0 aromatic heterocycles. The molecular formula is C11H13BrClNO2. The molecule has 0 aliphatic carbocycles. The molecule has 2 N–H and O–H groups in total. The van der Waals surface area contributed by atoms with Crippen molar-refractivity contribution in [1.82, 2.24) is 0 Å². The number of rotatable bonds is 3. The van der Waals surface area contributed by atoms with E-state index in [1.807, 2.05) is 13.8 Å². The second-order valence-corrected chi connectivity index (χ2v) is 4.65. The van der Waals surface area contributed by atoms with Crippen LogP contribution in [0.1, 0.15) is 29.3 Å². The van der Waals surface area contributed by atoms with Crippen LogP contribution in [0.15, 0.2) is 10.5 Å². The van der Waals surface area contributed by atoms with E-state index >= 15 is 0 Å². The van der Waals surface area contributed by atoms with Gasteiger partial charge in [-0.2, -0.15) is 0 Å². The Labute approximate surface area is 108 Å². The molecule has 1 aromatic carbocycles. The van der Waals surface area contributed by atoms with Gasteiger partial charge in [0.2, 0.25) is 0 Å². The highest BCUT2D eigenvalue weighted by Gasteiger charge is 2.19. The summed E-state index contributed by atoms with van der Waals surface area (Å²) in [5.74, 6) is -0.478. The number of benzene rings is 1. The van der Waals surface area contributed by atoms with E-state index in [4.69, 9.17) is 22.1 Å². The molecule has 88 valence electrons. The predicted molar refractivity (Wildman–Crippen MR) is 68.9 cm³/mol. The van der Waals surface area contributed by atoms with Crippen LogP contribution in [-0.4, -0.2) is 12.6 Å². The summed E-state index contributed by atoms with van der Waals surface area (Å²) in [7, 11) is 0. The molecule has 5 heteroatoms. The largest absolute Gasteiger partial charge is 0.462 e. The lowest BCUT2D eigenvalue weighted by Gasteiger charge is -2.11. The van der Waals surface area contributed by atoms with Crippen LogP contribution in [0.25, 0.3) is 0 Å². The number of nitrogen functional groups attached to an aromatic ring is 1. The Kier molecular flexibility index (Phi) is 4.62. The average molecular weight is 307 g/mol. The molecule has 0 spiro atoms. The lowest BCUT2D eigenvalue weighted by Crippen LogP contribution is -2.11. The fourth-order valence-electron chi connectivity index (χ4n) is 1.23. The summed E-state index contributed by atoms with van der Waals surface area (Å²) in [6.45, 7) is 4.09. The number of halogens is 2. The Morgan fingerprint density at radius 3 is 2.81 bits per heavy atom. The van der Waals surface area contributed by atoms with Gasteiger partial charge in [0, 0.05) is 4.47 Å². The lowest BCUT2D eigenvalue weighted by molar-refractivity contribution is 0.0506. The first-order valence-electron chi connectivity index (χ1n) is 4.90. The number of hydrogen-bond acceptors (Lipinski definition) is 3. The van der Waals surface area contributed by atoms with Crippen LogP contribution in [0.3, 0.4) is 0 Å². The summed E-state index contributed by atoms with van der Waals surface area (Å²) < 4.78 is 5.68. The minimum absolute atomic E-state index is 0.238. The molecule has 0 bridgehead atoms.